The number of benzene rings is 1. The lowest BCUT2D eigenvalue weighted by Gasteiger charge is -2.02. The third kappa shape index (κ3) is 4.16. The largest absolute Gasteiger partial charge is 0.294 e. The van der Waals surface area contributed by atoms with E-state index in [0.29, 0.717) is 23.5 Å². The van der Waals surface area contributed by atoms with Crippen LogP contribution in [0.4, 0.5) is 8.78 Å². The highest BCUT2D eigenvalue weighted by Crippen LogP contribution is 2.21. The number of carbonyl (C=O) groups excluding carboxylic acids is 1. The van der Waals surface area contributed by atoms with E-state index in [1.807, 2.05) is 5.43 Å². The van der Waals surface area contributed by atoms with Gasteiger partial charge in [0.05, 0.1) is 0 Å². The molecule has 0 aliphatic carbocycles. The molecule has 0 aliphatic rings. The van der Waals surface area contributed by atoms with Crippen LogP contribution in [0.1, 0.15) is 12.8 Å². The summed E-state index contributed by atoms with van der Waals surface area (Å²) < 4.78 is 25.4. The van der Waals surface area contributed by atoms with Gasteiger partial charge in [-0.3, -0.25) is 10.2 Å². The van der Waals surface area contributed by atoms with Gasteiger partial charge < -0.3 is 0 Å². The number of hydrogen-bond acceptors (Lipinski definition) is 3. The Morgan fingerprint density at radius 2 is 2.12 bits per heavy atom. The van der Waals surface area contributed by atoms with E-state index in [4.69, 9.17) is 5.84 Å². The van der Waals surface area contributed by atoms with Crippen LogP contribution < -0.4 is 11.3 Å². The number of thioether (sulfide) groups is 1. The first-order valence-electron chi connectivity index (χ1n) is 4.71. The van der Waals surface area contributed by atoms with Crippen molar-refractivity contribution in [2.45, 2.75) is 17.7 Å². The van der Waals surface area contributed by atoms with E-state index in [1.54, 1.807) is 0 Å². The van der Waals surface area contributed by atoms with Gasteiger partial charge in [-0.25, -0.2) is 14.6 Å². The average Bonchev–Trinajstić information content (AvgIpc) is 2.28. The molecule has 0 unspecified atom stereocenters. The minimum absolute atomic E-state index is 0.231. The van der Waals surface area contributed by atoms with Gasteiger partial charge in [-0.15, -0.1) is 11.8 Å². The van der Waals surface area contributed by atoms with Crippen LogP contribution in [0.2, 0.25) is 0 Å². The summed E-state index contributed by atoms with van der Waals surface area (Å²) in [4.78, 5) is 11.4. The highest BCUT2D eigenvalue weighted by molar-refractivity contribution is 7.99. The highest BCUT2D eigenvalue weighted by atomic mass is 32.2. The van der Waals surface area contributed by atoms with Crippen LogP contribution in [0.15, 0.2) is 23.1 Å². The molecule has 0 saturated carbocycles. The van der Waals surface area contributed by atoms with Gasteiger partial charge in [0.15, 0.2) is 11.6 Å². The molecule has 0 spiro atoms. The Balaban J connectivity index is 2.32. The fourth-order valence-corrected chi connectivity index (χ4v) is 1.94. The lowest BCUT2D eigenvalue weighted by Crippen LogP contribution is -2.29. The maximum absolute atomic E-state index is 12.8. The van der Waals surface area contributed by atoms with Crippen LogP contribution >= 0.6 is 11.8 Å². The predicted octanol–water partition coefficient (Wildman–Crippen LogP) is 1.83. The first-order chi connectivity index (χ1) is 7.63. The van der Waals surface area contributed by atoms with Gasteiger partial charge in [-0.2, -0.15) is 0 Å². The van der Waals surface area contributed by atoms with E-state index in [1.165, 1.54) is 17.8 Å². The zero-order valence-electron chi connectivity index (χ0n) is 8.50. The highest BCUT2D eigenvalue weighted by Gasteiger charge is 2.03. The smallest absolute Gasteiger partial charge is 0.233 e. The third-order valence-electron chi connectivity index (χ3n) is 1.87. The number of carbonyl (C=O) groups is 1. The molecular weight excluding hydrogens is 234 g/mol. The zero-order valence-corrected chi connectivity index (χ0v) is 9.32. The van der Waals surface area contributed by atoms with Crippen molar-refractivity contribution in [1.82, 2.24) is 5.43 Å². The second-order valence-corrected chi connectivity index (χ2v) is 4.26. The van der Waals surface area contributed by atoms with E-state index in [9.17, 15) is 13.6 Å². The van der Waals surface area contributed by atoms with Gasteiger partial charge in [-0.1, -0.05) is 0 Å². The van der Waals surface area contributed by atoms with Gasteiger partial charge >= 0.3 is 0 Å². The summed E-state index contributed by atoms with van der Waals surface area (Å²) in [6, 6.07) is 3.74. The summed E-state index contributed by atoms with van der Waals surface area (Å²) in [6.45, 7) is 0. The molecule has 3 N–H and O–H groups in total. The Hall–Kier alpha value is -1.14. The number of halogens is 2. The summed E-state index contributed by atoms with van der Waals surface area (Å²) in [5, 5.41) is 0. The van der Waals surface area contributed by atoms with Crippen molar-refractivity contribution in [3.63, 3.8) is 0 Å². The molecule has 3 nitrogen and oxygen atoms in total. The molecule has 1 amide bonds. The number of rotatable bonds is 5. The molecule has 0 aliphatic heterocycles. The van der Waals surface area contributed by atoms with Gasteiger partial charge in [0, 0.05) is 11.3 Å². The fraction of sp³-hybridized carbons (Fsp3) is 0.300. The first kappa shape index (κ1) is 12.9. The van der Waals surface area contributed by atoms with Crippen molar-refractivity contribution in [2.75, 3.05) is 5.75 Å². The minimum atomic E-state index is -0.857. The van der Waals surface area contributed by atoms with E-state index < -0.39 is 11.6 Å². The monoisotopic (exact) mass is 246 g/mol. The quantitative estimate of drug-likeness (QED) is 0.274. The summed E-state index contributed by atoms with van der Waals surface area (Å²) in [6.07, 6.45) is 0.958. The summed E-state index contributed by atoms with van der Waals surface area (Å²) in [5.41, 5.74) is 2.02. The van der Waals surface area contributed by atoms with Crippen molar-refractivity contribution < 1.29 is 13.6 Å². The second kappa shape index (κ2) is 6.44. The Kier molecular flexibility index (Phi) is 5.21. The molecule has 0 aromatic heterocycles. The van der Waals surface area contributed by atoms with Crippen LogP contribution in [-0.4, -0.2) is 11.7 Å². The van der Waals surface area contributed by atoms with Crippen molar-refractivity contribution in [3.8, 4) is 0 Å². The zero-order chi connectivity index (χ0) is 12.0. The molecule has 6 heteroatoms. The normalized spacial score (nSPS) is 10.2. The number of hydrazine groups is 1. The van der Waals surface area contributed by atoms with E-state index >= 15 is 0 Å². The summed E-state index contributed by atoms with van der Waals surface area (Å²) in [7, 11) is 0. The number of nitrogens with two attached hydrogens (primary N) is 1. The van der Waals surface area contributed by atoms with Crippen molar-refractivity contribution in [1.29, 1.82) is 0 Å². The molecule has 1 aromatic rings. The predicted molar refractivity (Wildman–Crippen MR) is 58.6 cm³/mol. The maximum atomic E-state index is 12.8. The number of amides is 1. The maximum Gasteiger partial charge on any atom is 0.233 e. The SMILES string of the molecule is NNC(=O)CCCSc1ccc(F)c(F)c1. The first-order valence-corrected chi connectivity index (χ1v) is 5.69. The molecule has 0 fully saturated rings. The van der Waals surface area contributed by atoms with Crippen molar-refractivity contribution in [2.24, 2.45) is 5.84 Å². The lowest BCUT2D eigenvalue weighted by atomic mass is 10.3. The molecule has 0 atom stereocenters. The molecule has 1 aromatic carbocycles. The molecule has 1 rings (SSSR count). The average molecular weight is 246 g/mol. The van der Waals surface area contributed by atoms with E-state index in [-0.39, 0.29) is 5.91 Å². The molecule has 0 heterocycles. The Labute approximate surface area is 96.4 Å². The molecule has 16 heavy (non-hydrogen) atoms. The van der Waals surface area contributed by atoms with Crippen molar-refractivity contribution in [3.05, 3.63) is 29.8 Å². The Morgan fingerprint density at radius 3 is 2.75 bits per heavy atom. The van der Waals surface area contributed by atoms with Crippen molar-refractivity contribution >= 4 is 17.7 Å². The van der Waals surface area contributed by atoms with Crippen LogP contribution in [-0.2, 0) is 4.79 Å². The van der Waals surface area contributed by atoms with E-state index in [0.717, 1.165) is 12.1 Å². The topological polar surface area (TPSA) is 55.1 Å². The number of hydrogen-bond donors (Lipinski definition) is 2. The van der Waals surface area contributed by atoms with Crippen LogP contribution in [0, 0.1) is 11.6 Å². The second-order valence-electron chi connectivity index (χ2n) is 3.10. The van der Waals surface area contributed by atoms with Gasteiger partial charge in [0.25, 0.3) is 0 Å². The van der Waals surface area contributed by atoms with Crippen LogP contribution in [0.5, 0.6) is 0 Å². The minimum Gasteiger partial charge on any atom is -0.294 e. The fourth-order valence-electron chi connectivity index (χ4n) is 1.06. The lowest BCUT2D eigenvalue weighted by molar-refractivity contribution is -0.121. The third-order valence-corrected chi connectivity index (χ3v) is 2.95. The molecule has 88 valence electrons. The summed E-state index contributed by atoms with van der Waals surface area (Å²) in [5.74, 6) is 3.61. The van der Waals surface area contributed by atoms with Gasteiger partial charge in [-0.05, 0) is 30.4 Å². The van der Waals surface area contributed by atoms with Gasteiger partial charge in [0.2, 0.25) is 5.91 Å². The molecule has 0 radical (unpaired) electrons. The van der Waals surface area contributed by atoms with Crippen LogP contribution in [0.3, 0.4) is 0 Å². The molecule has 0 saturated heterocycles. The summed E-state index contributed by atoms with van der Waals surface area (Å²) >= 11 is 1.37. The number of nitrogens with one attached hydrogen (secondary N) is 1. The Bertz CT molecular complexity index is 374. The van der Waals surface area contributed by atoms with Gasteiger partial charge in [0.1, 0.15) is 0 Å². The van der Waals surface area contributed by atoms with Crippen LogP contribution in [0.25, 0.3) is 0 Å². The standard InChI is InChI=1S/C10H12F2N2OS/c11-8-4-3-7(6-9(8)12)16-5-1-2-10(15)14-13/h3-4,6H,1-2,5,13H2,(H,14,15). The Morgan fingerprint density at radius 1 is 1.38 bits per heavy atom. The molecular formula is C10H12F2N2OS. The molecule has 0 bridgehead atoms. The van der Waals surface area contributed by atoms with E-state index in [2.05, 4.69) is 0 Å².